The van der Waals surface area contributed by atoms with E-state index in [1.165, 1.54) is 25.1 Å². The quantitative estimate of drug-likeness (QED) is 0.691. The van der Waals surface area contributed by atoms with Gasteiger partial charge in [-0.05, 0) is 38.0 Å². The number of hydrogen-bond acceptors (Lipinski definition) is 2. The Balaban J connectivity index is 2.31. The number of carbonyl (C=O) groups excluding carboxylic acids is 1. The summed E-state index contributed by atoms with van der Waals surface area (Å²) in [6.45, 7) is 1.41. The molecule has 0 amide bonds. The highest BCUT2D eigenvalue weighted by Crippen LogP contribution is 2.29. The third-order valence-corrected chi connectivity index (χ3v) is 2.14. The Morgan fingerprint density at radius 2 is 2.21 bits per heavy atom. The lowest BCUT2D eigenvalue weighted by molar-refractivity contribution is 0.101. The van der Waals surface area contributed by atoms with Gasteiger partial charge in [-0.25, -0.2) is 4.39 Å². The topological polar surface area (TPSA) is 26.3 Å². The lowest BCUT2D eigenvalue weighted by Gasteiger charge is -2.08. The molecule has 0 aliphatic heterocycles. The SMILES string of the molecule is CC(=O)c1cc(F)ccc1OC1CC1. The van der Waals surface area contributed by atoms with Crippen LogP contribution in [0.4, 0.5) is 4.39 Å². The molecule has 0 unspecified atom stereocenters. The van der Waals surface area contributed by atoms with Crippen LogP contribution in [-0.4, -0.2) is 11.9 Å². The summed E-state index contributed by atoms with van der Waals surface area (Å²) in [7, 11) is 0. The maximum Gasteiger partial charge on any atom is 0.163 e. The Morgan fingerprint density at radius 3 is 2.79 bits per heavy atom. The minimum Gasteiger partial charge on any atom is -0.490 e. The van der Waals surface area contributed by atoms with Gasteiger partial charge >= 0.3 is 0 Å². The van der Waals surface area contributed by atoms with E-state index in [9.17, 15) is 9.18 Å². The van der Waals surface area contributed by atoms with E-state index >= 15 is 0 Å². The molecule has 0 aromatic heterocycles. The minimum atomic E-state index is -0.404. The van der Waals surface area contributed by atoms with Gasteiger partial charge in [-0.2, -0.15) is 0 Å². The predicted molar refractivity (Wildman–Crippen MR) is 50.1 cm³/mol. The van der Waals surface area contributed by atoms with E-state index in [2.05, 4.69) is 0 Å². The fourth-order valence-electron chi connectivity index (χ4n) is 1.25. The van der Waals surface area contributed by atoms with Crippen LogP contribution in [0.1, 0.15) is 30.1 Å². The van der Waals surface area contributed by atoms with E-state index in [1.807, 2.05) is 0 Å². The number of benzene rings is 1. The normalized spacial score (nSPS) is 15.3. The van der Waals surface area contributed by atoms with Crippen LogP contribution in [0.25, 0.3) is 0 Å². The first kappa shape index (κ1) is 9.19. The monoisotopic (exact) mass is 194 g/mol. The fourth-order valence-corrected chi connectivity index (χ4v) is 1.25. The lowest BCUT2D eigenvalue weighted by atomic mass is 10.1. The van der Waals surface area contributed by atoms with Crippen molar-refractivity contribution in [2.24, 2.45) is 0 Å². The van der Waals surface area contributed by atoms with Gasteiger partial charge in [-0.3, -0.25) is 4.79 Å². The lowest BCUT2D eigenvalue weighted by Crippen LogP contribution is -2.03. The average molecular weight is 194 g/mol. The molecule has 2 rings (SSSR count). The second kappa shape index (κ2) is 3.40. The molecule has 2 nitrogen and oxygen atoms in total. The van der Waals surface area contributed by atoms with Gasteiger partial charge in [0.05, 0.1) is 11.7 Å². The van der Waals surface area contributed by atoms with Crippen molar-refractivity contribution in [2.45, 2.75) is 25.9 Å². The van der Waals surface area contributed by atoms with Crippen LogP contribution in [-0.2, 0) is 0 Å². The fraction of sp³-hybridized carbons (Fsp3) is 0.364. The molecule has 1 aromatic carbocycles. The number of ether oxygens (including phenoxy) is 1. The van der Waals surface area contributed by atoms with E-state index in [0.29, 0.717) is 11.3 Å². The van der Waals surface area contributed by atoms with Gasteiger partial charge < -0.3 is 4.74 Å². The van der Waals surface area contributed by atoms with Gasteiger partial charge in [0.25, 0.3) is 0 Å². The molecule has 0 saturated heterocycles. The second-order valence-electron chi connectivity index (χ2n) is 3.51. The van der Waals surface area contributed by atoms with Gasteiger partial charge in [-0.15, -0.1) is 0 Å². The molecule has 1 aliphatic carbocycles. The van der Waals surface area contributed by atoms with Crippen LogP contribution in [0.3, 0.4) is 0 Å². The zero-order valence-corrected chi connectivity index (χ0v) is 7.92. The summed E-state index contributed by atoms with van der Waals surface area (Å²) in [5.41, 5.74) is 0.330. The molecule has 0 bridgehead atoms. The van der Waals surface area contributed by atoms with E-state index in [1.54, 1.807) is 0 Å². The summed E-state index contributed by atoms with van der Waals surface area (Å²) in [6, 6.07) is 4.05. The standard InChI is InChI=1S/C11H11FO2/c1-7(13)10-6-8(12)2-5-11(10)14-9-3-4-9/h2,5-6,9H,3-4H2,1H3. The highest BCUT2D eigenvalue weighted by Gasteiger charge is 2.25. The molecule has 0 spiro atoms. The van der Waals surface area contributed by atoms with Gasteiger partial charge in [0.15, 0.2) is 5.78 Å². The van der Waals surface area contributed by atoms with Crippen LogP contribution in [0, 0.1) is 5.82 Å². The van der Waals surface area contributed by atoms with Crippen molar-refractivity contribution in [3.63, 3.8) is 0 Å². The summed E-state index contributed by atoms with van der Waals surface area (Å²) in [5.74, 6) is -0.0695. The van der Waals surface area contributed by atoms with Crippen molar-refractivity contribution in [1.82, 2.24) is 0 Å². The molecule has 14 heavy (non-hydrogen) atoms. The molecule has 3 heteroatoms. The largest absolute Gasteiger partial charge is 0.490 e. The zero-order valence-electron chi connectivity index (χ0n) is 7.92. The summed E-state index contributed by atoms with van der Waals surface area (Å²) >= 11 is 0. The molecule has 0 radical (unpaired) electrons. The molecule has 74 valence electrons. The molecule has 0 heterocycles. The number of carbonyl (C=O) groups is 1. The highest BCUT2D eigenvalue weighted by atomic mass is 19.1. The third kappa shape index (κ3) is 1.92. The van der Waals surface area contributed by atoms with E-state index in [-0.39, 0.29) is 11.9 Å². The van der Waals surface area contributed by atoms with Crippen molar-refractivity contribution in [3.8, 4) is 5.75 Å². The Labute approximate surface area is 81.7 Å². The van der Waals surface area contributed by atoms with Crippen molar-refractivity contribution in [1.29, 1.82) is 0 Å². The highest BCUT2D eigenvalue weighted by molar-refractivity contribution is 5.96. The second-order valence-corrected chi connectivity index (χ2v) is 3.51. The Hall–Kier alpha value is -1.38. The summed E-state index contributed by atoms with van der Waals surface area (Å²) < 4.78 is 18.3. The van der Waals surface area contributed by atoms with Crippen molar-refractivity contribution in [3.05, 3.63) is 29.6 Å². The van der Waals surface area contributed by atoms with Crippen molar-refractivity contribution < 1.29 is 13.9 Å². The van der Waals surface area contributed by atoms with E-state index in [4.69, 9.17) is 4.74 Å². The van der Waals surface area contributed by atoms with Gasteiger partial charge in [0, 0.05) is 0 Å². The first-order valence-corrected chi connectivity index (χ1v) is 4.64. The van der Waals surface area contributed by atoms with Crippen LogP contribution >= 0.6 is 0 Å². The summed E-state index contributed by atoms with van der Waals surface area (Å²) in [5, 5.41) is 0. The first-order valence-electron chi connectivity index (χ1n) is 4.64. The van der Waals surface area contributed by atoms with Crippen molar-refractivity contribution in [2.75, 3.05) is 0 Å². The molecule has 1 saturated carbocycles. The Morgan fingerprint density at radius 1 is 1.50 bits per heavy atom. The number of halogens is 1. The summed E-state index contributed by atoms with van der Waals surface area (Å²) in [6.07, 6.45) is 2.27. The molecule has 0 atom stereocenters. The third-order valence-electron chi connectivity index (χ3n) is 2.14. The van der Waals surface area contributed by atoms with Crippen LogP contribution in [0.15, 0.2) is 18.2 Å². The molecular formula is C11H11FO2. The molecular weight excluding hydrogens is 183 g/mol. The summed E-state index contributed by atoms with van der Waals surface area (Å²) in [4.78, 5) is 11.2. The van der Waals surface area contributed by atoms with E-state index < -0.39 is 5.82 Å². The molecule has 1 fully saturated rings. The first-order chi connectivity index (χ1) is 6.66. The van der Waals surface area contributed by atoms with E-state index in [0.717, 1.165) is 12.8 Å². The molecule has 1 aromatic rings. The number of rotatable bonds is 3. The van der Waals surface area contributed by atoms with Crippen LogP contribution in [0.2, 0.25) is 0 Å². The molecule has 0 N–H and O–H groups in total. The minimum absolute atomic E-state index is 0.167. The maximum absolute atomic E-state index is 12.9. The van der Waals surface area contributed by atoms with Gasteiger partial charge in [0.2, 0.25) is 0 Å². The predicted octanol–water partition coefficient (Wildman–Crippen LogP) is 2.57. The zero-order chi connectivity index (χ0) is 10.1. The Bertz CT molecular complexity index is 370. The molecule has 1 aliphatic rings. The van der Waals surface area contributed by atoms with Crippen LogP contribution < -0.4 is 4.74 Å². The number of ketones is 1. The number of Topliss-reactive ketones (excluding diaryl/α,β-unsaturated/α-hetero) is 1. The number of hydrogen-bond donors (Lipinski definition) is 0. The Kier molecular flexibility index (Phi) is 2.23. The average Bonchev–Trinajstić information content (AvgIpc) is 2.91. The van der Waals surface area contributed by atoms with Gasteiger partial charge in [-0.1, -0.05) is 0 Å². The van der Waals surface area contributed by atoms with Crippen molar-refractivity contribution >= 4 is 5.78 Å². The maximum atomic E-state index is 12.9. The van der Waals surface area contributed by atoms with Gasteiger partial charge in [0.1, 0.15) is 11.6 Å². The smallest absolute Gasteiger partial charge is 0.163 e. The van der Waals surface area contributed by atoms with Crippen LogP contribution in [0.5, 0.6) is 5.75 Å².